The lowest BCUT2D eigenvalue weighted by molar-refractivity contribution is -0.107. The van der Waals surface area contributed by atoms with Crippen LogP contribution in [0.4, 0.5) is 0 Å². The molecule has 1 aliphatic heterocycles. The molecular formula is C9H14N2O. The number of carbonyl (C=O) groups is 1. The largest absolute Gasteiger partial charge is 0.314 e. The summed E-state index contributed by atoms with van der Waals surface area (Å²) in [5, 5.41) is 3.27. The lowest BCUT2D eigenvalue weighted by Gasteiger charge is -2.24. The van der Waals surface area contributed by atoms with Gasteiger partial charge in [0.05, 0.1) is 13.0 Å². The van der Waals surface area contributed by atoms with Gasteiger partial charge in [0.15, 0.2) is 0 Å². The van der Waals surface area contributed by atoms with Crippen LogP contribution < -0.4 is 5.32 Å². The van der Waals surface area contributed by atoms with Crippen LogP contribution in [0, 0.1) is 11.8 Å². The van der Waals surface area contributed by atoms with E-state index in [1.54, 1.807) is 0 Å². The fourth-order valence-electron chi connectivity index (χ4n) is 1.15. The highest BCUT2D eigenvalue weighted by Gasteiger charge is 2.06. The molecule has 1 N–H and O–H groups in total. The lowest BCUT2D eigenvalue weighted by Crippen LogP contribution is -2.43. The molecule has 0 aromatic carbocycles. The van der Waals surface area contributed by atoms with Gasteiger partial charge < -0.3 is 10.1 Å². The van der Waals surface area contributed by atoms with Gasteiger partial charge >= 0.3 is 0 Å². The predicted molar refractivity (Wildman–Crippen MR) is 47.8 cm³/mol. The van der Waals surface area contributed by atoms with E-state index < -0.39 is 0 Å². The number of hydrogen-bond acceptors (Lipinski definition) is 3. The van der Waals surface area contributed by atoms with Crippen molar-refractivity contribution in [2.75, 3.05) is 32.7 Å². The van der Waals surface area contributed by atoms with Crippen LogP contribution in [0.2, 0.25) is 0 Å². The standard InChI is InChI=1S/C9H14N2O/c12-9-3-1-2-6-11-7-4-10-5-8-11/h9-10H,3-8H2. The first-order valence-electron chi connectivity index (χ1n) is 4.26. The molecule has 0 saturated carbocycles. The summed E-state index contributed by atoms with van der Waals surface area (Å²) in [7, 11) is 0. The number of rotatable bonds is 2. The quantitative estimate of drug-likeness (QED) is 0.443. The van der Waals surface area contributed by atoms with Gasteiger partial charge in [-0.25, -0.2) is 0 Å². The van der Waals surface area contributed by atoms with Crippen molar-refractivity contribution < 1.29 is 4.79 Å². The Bertz CT molecular complexity index is 186. The molecule has 1 aliphatic rings. The minimum atomic E-state index is 0.367. The maximum absolute atomic E-state index is 9.93. The maximum Gasteiger partial charge on any atom is 0.131 e. The van der Waals surface area contributed by atoms with Crippen LogP contribution in [0.3, 0.4) is 0 Å². The van der Waals surface area contributed by atoms with Crippen molar-refractivity contribution in [3.05, 3.63) is 0 Å². The number of nitrogens with one attached hydrogen (secondary N) is 1. The van der Waals surface area contributed by atoms with Gasteiger partial charge in [-0.15, -0.1) is 0 Å². The number of carbonyl (C=O) groups excluding carboxylic acids is 1. The molecule has 1 heterocycles. The molecule has 0 amide bonds. The topological polar surface area (TPSA) is 32.3 Å². The van der Waals surface area contributed by atoms with Gasteiger partial charge in [0.1, 0.15) is 6.29 Å². The van der Waals surface area contributed by atoms with Crippen molar-refractivity contribution >= 4 is 6.29 Å². The number of aldehydes is 1. The van der Waals surface area contributed by atoms with Crippen molar-refractivity contribution in [1.29, 1.82) is 0 Å². The molecule has 0 aromatic rings. The molecule has 0 atom stereocenters. The molecule has 0 unspecified atom stereocenters. The Morgan fingerprint density at radius 3 is 2.75 bits per heavy atom. The Morgan fingerprint density at radius 1 is 1.33 bits per heavy atom. The second-order valence-corrected chi connectivity index (χ2v) is 2.75. The molecule has 12 heavy (non-hydrogen) atoms. The van der Waals surface area contributed by atoms with E-state index in [9.17, 15) is 4.79 Å². The first-order valence-corrected chi connectivity index (χ1v) is 4.26. The molecule has 66 valence electrons. The zero-order valence-corrected chi connectivity index (χ0v) is 7.18. The van der Waals surface area contributed by atoms with E-state index in [-0.39, 0.29) is 0 Å². The summed E-state index contributed by atoms with van der Waals surface area (Å²) in [5.74, 6) is 5.78. The smallest absolute Gasteiger partial charge is 0.131 e. The molecule has 1 rings (SSSR count). The molecule has 3 nitrogen and oxygen atoms in total. The van der Waals surface area contributed by atoms with Crippen LogP contribution in [0.5, 0.6) is 0 Å². The van der Waals surface area contributed by atoms with E-state index in [1.165, 1.54) is 0 Å². The summed E-state index contributed by atoms with van der Waals surface area (Å²) in [6, 6.07) is 0. The molecule has 0 spiro atoms. The van der Waals surface area contributed by atoms with Crippen molar-refractivity contribution in [2.24, 2.45) is 0 Å². The Kier molecular flexibility index (Phi) is 4.43. The monoisotopic (exact) mass is 166 g/mol. The zero-order chi connectivity index (χ0) is 8.65. The summed E-state index contributed by atoms with van der Waals surface area (Å²) in [6.07, 6.45) is 1.21. The van der Waals surface area contributed by atoms with Gasteiger partial charge in [-0.3, -0.25) is 4.90 Å². The summed E-state index contributed by atoms with van der Waals surface area (Å²) in [6.45, 7) is 5.03. The van der Waals surface area contributed by atoms with Crippen LogP contribution >= 0.6 is 0 Å². The van der Waals surface area contributed by atoms with Gasteiger partial charge in [-0.2, -0.15) is 0 Å². The molecule has 1 saturated heterocycles. The second-order valence-electron chi connectivity index (χ2n) is 2.75. The number of hydrogen-bond donors (Lipinski definition) is 1. The Morgan fingerprint density at radius 2 is 2.08 bits per heavy atom. The van der Waals surface area contributed by atoms with E-state index in [4.69, 9.17) is 0 Å². The third-order valence-electron chi connectivity index (χ3n) is 1.82. The van der Waals surface area contributed by atoms with Gasteiger partial charge in [-0.05, 0) is 0 Å². The van der Waals surface area contributed by atoms with Crippen LogP contribution in [-0.4, -0.2) is 43.9 Å². The fourth-order valence-corrected chi connectivity index (χ4v) is 1.15. The van der Waals surface area contributed by atoms with E-state index in [0.29, 0.717) is 6.42 Å². The van der Waals surface area contributed by atoms with E-state index in [2.05, 4.69) is 22.1 Å². The van der Waals surface area contributed by atoms with Crippen molar-refractivity contribution in [1.82, 2.24) is 10.2 Å². The summed E-state index contributed by atoms with van der Waals surface area (Å²) >= 11 is 0. The molecule has 0 aliphatic carbocycles. The number of piperazine rings is 1. The lowest BCUT2D eigenvalue weighted by atomic mass is 10.3. The minimum absolute atomic E-state index is 0.367. The average Bonchev–Trinajstić information content (AvgIpc) is 2.14. The zero-order valence-electron chi connectivity index (χ0n) is 7.18. The summed E-state index contributed by atoms with van der Waals surface area (Å²) < 4.78 is 0. The van der Waals surface area contributed by atoms with E-state index in [0.717, 1.165) is 39.0 Å². The van der Waals surface area contributed by atoms with Crippen LogP contribution in [0.25, 0.3) is 0 Å². The highest BCUT2D eigenvalue weighted by Crippen LogP contribution is 1.89. The first kappa shape index (κ1) is 9.24. The highest BCUT2D eigenvalue weighted by atomic mass is 16.1. The fraction of sp³-hybridized carbons (Fsp3) is 0.667. The normalized spacial score (nSPS) is 18.0. The molecule has 0 radical (unpaired) electrons. The number of nitrogens with zero attached hydrogens (tertiary/aromatic N) is 1. The highest BCUT2D eigenvalue weighted by molar-refractivity contribution is 5.53. The van der Waals surface area contributed by atoms with Crippen LogP contribution in [0.1, 0.15) is 6.42 Å². The van der Waals surface area contributed by atoms with Crippen molar-refractivity contribution in [3.63, 3.8) is 0 Å². The molecule has 1 fully saturated rings. The Labute approximate surface area is 73.1 Å². The minimum Gasteiger partial charge on any atom is -0.314 e. The first-order chi connectivity index (χ1) is 5.93. The molecular weight excluding hydrogens is 152 g/mol. The predicted octanol–water partition coefficient (Wildman–Crippen LogP) is -0.516. The van der Waals surface area contributed by atoms with Crippen molar-refractivity contribution in [3.8, 4) is 11.8 Å². The third-order valence-corrected chi connectivity index (χ3v) is 1.82. The average molecular weight is 166 g/mol. The Hall–Kier alpha value is -0.850. The van der Waals surface area contributed by atoms with E-state index >= 15 is 0 Å². The molecule has 3 heteroatoms. The van der Waals surface area contributed by atoms with Gasteiger partial charge in [-0.1, -0.05) is 11.8 Å². The van der Waals surface area contributed by atoms with Crippen molar-refractivity contribution in [2.45, 2.75) is 6.42 Å². The molecule has 0 bridgehead atoms. The van der Waals surface area contributed by atoms with Crippen LogP contribution in [-0.2, 0) is 4.79 Å². The Balaban J connectivity index is 2.13. The van der Waals surface area contributed by atoms with Gasteiger partial charge in [0.25, 0.3) is 0 Å². The van der Waals surface area contributed by atoms with Gasteiger partial charge in [0, 0.05) is 26.2 Å². The second kappa shape index (κ2) is 5.76. The summed E-state index contributed by atoms with van der Waals surface area (Å²) in [5.41, 5.74) is 0. The molecule has 0 aromatic heterocycles. The maximum atomic E-state index is 9.93. The van der Waals surface area contributed by atoms with Gasteiger partial charge in [0.2, 0.25) is 0 Å². The summed E-state index contributed by atoms with van der Waals surface area (Å²) in [4.78, 5) is 12.2. The van der Waals surface area contributed by atoms with Crippen LogP contribution in [0.15, 0.2) is 0 Å². The SMILES string of the molecule is O=CCC#CCN1CCNCC1. The van der Waals surface area contributed by atoms with E-state index in [1.807, 2.05) is 0 Å². The third kappa shape index (κ3) is 3.51.